The SMILES string of the molecule is NC(CC(=O)O)C(=O)Nc1ccc(-n2nccn2)cc1. The minimum atomic E-state index is -1.12. The van der Waals surface area contributed by atoms with Gasteiger partial charge in [-0.2, -0.15) is 15.0 Å². The lowest BCUT2D eigenvalue weighted by atomic mass is 10.2. The Morgan fingerprint density at radius 2 is 1.85 bits per heavy atom. The van der Waals surface area contributed by atoms with Crippen LogP contribution in [0.15, 0.2) is 36.7 Å². The smallest absolute Gasteiger partial charge is 0.305 e. The Labute approximate surface area is 114 Å². The number of carbonyl (C=O) groups excluding carboxylic acids is 1. The van der Waals surface area contributed by atoms with Crippen LogP contribution < -0.4 is 11.1 Å². The van der Waals surface area contributed by atoms with Crippen molar-refractivity contribution in [2.75, 3.05) is 5.32 Å². The highest BCUT2D eigenvalue weighted by molar-refractivity contribution is 5.96. The predicted molar refractivity (Wildman–Crippen MR) is 70.2 cm³/mol. The summed E-state index contributed by atoms with van der Waals surface area (Å²) >= 11 is 0. The van der Waals surface area contributed by atoms with E-state index in [0.717, 1.165) is 5.69 Å². The van der Waals surface area contributed by atoms with Crippen LogP contribution in [0.4, 0.5) is 5.69 Å². The second kappa shape index (κ2) is 5.93. The monoisotopic (exact) mass is 275 g/mol. The second-order valence-corrected chi connectivity index (χ2v) is 4.06. The molecule has 1 atom stereocenters. The summed E-state index contributed by atoms with van der Waals surface area (Å²) in [6.07, 6.45) is 2.70. The number of carbonyl (C=O) groups is 2. The summed E-state index contributed by atoms with van der Waals surface area (Å²) in [5, 5.41) is 19.0. The molecule has 1 aromatic carbocycles. The Morgan fingerprint density at radius 3 is 2.40 bits per heavy atom. The lowest BCUT2D eigenvalue weighted by Gasteiger charge is -2.10. The maximum atomic E-state index is 11.6. The van der Waals surface area contributed by atoms with Gasteiger partial charge in [0.05, 0.1) is 30.5 Å². The zero-order valence-corrected chi connectivity index (χ0v) is 10.4. The molecule has 8 nitrogen and oxygen atoms in total. The van der Waals surface area contributed by atoms with E-state index in [1.54, 1.807) is 36.7 Å². The molecule has 0 bridgehead atoms. The van der Waals surface area contributed by atoms with E-state index >= 15 is 0 Å². The van der Waals surface area contributed by atoms with Crippen molar-refractivity contribution in [1.82, 2.24) is 15.0 Å². The number of benzene rings is 1. The molecule has 20 heavy (non-hydrogen) atoms. The van der Waals surface area contributed by atoms with Gasteiger partial charge in [-0.25, -0.2) is 0 Å². The van der Waals surface area contributed by atoms with E-state index < -0.39 is 24.3 Å². The van der Waals surface area contributed by atoms with E-state index in [0.29, 0.717) is 5.69 Å². The molecule has 8 heteroatoms. The summed E-state index contributed by atoms with van der Waals surface area (Å²) < 4.78 is 0. The maximum Gasteiger partial charge on any atom is 0.305 e. The lowest BCUT2D eigenvalue weighted by Crippen LogP contribution is -2.37. The number of anilines is 1. The summed E-state index contributed by atoms with van der Waals surface area (Å²) in [7, 11) is 0. The van der Waals surface area contributed by atoms with Gasteiger partial charge in [-0.05, 0) is 24.3 Å². The Balaban J connectivity index is 2.00. The molecule has 0 fully saturated rings. The van der Waals surface area contributed by atoms with Crippen LogP contribution in [0.2, 0.25) is 0 Å². The Hall–Kier alpha value is -2.74. The predicted octanol–water partition coefficient (Wildman–Crippen LogP) is 0.00780. The van der Waals surface area contributed by atoms with Gasteiger partial charge in [0, 0.05) is 5.69 Å². The maximum absolute atomic E-state index is 11.6. The Kier molecular flexibility index (Phi) is 4.06. The molecule has 4 N–H and O–H groups in total. The molecule has 1 aromatic heterocycles. The van der Waals surface area contributed by atoms with Crippen molar-refractivity contribution in [3.63, 3.8) is 0 Å². The third-order valence-electron chi connectivity index (χ3n) is 2.52. The van der Waals surface area contributed by atoms with Crippen LogP contribution in [0.1, 0.15) is 6.42 Å². The number of nitrogens with one attached hydrogen (secondary N) is 1. The number of carboxylic acids is 1. The van der Waals surface area contributed by atoms with E-state index in [2.05, 4.69) is 15.5 Å². The zero-order valence-electron chi connectivity index (χ0n) is 10.4. The number of nitrogens with two attached hydrogens (primary N) is 1. The largest absolute Gasteiger partial charge is 0.481 e. The minimum absolute atomic E-state index is 0.416. The molecular weight excluding hydrogens is 262 g/mol. The molecule has 0 saturated carbocycles. The van der Waals surface area contributed by atoms with Gasteiger partial charge >= 0.3 is 5.97 Å². The minimum Gasteiger partial charge on any atom is -0.481 e. The molecule has 104 valence electrons. The molecule has 0 saturated heterocycles. The number of hydrogen-bond acceptors (Lipinski definition) is 5. The van der Waals surface area contributed by atoms with Crippen LogP contribution in [0.3, 0.4) is 0 Å². The fourth-order valence-corrected chi connectivity index (χ4v) is 1.54. The number of hydrogen-bond donors (Lipinski definition) is 3. The molecule has 0 aliphatic carbocycles. The highest BCUT2D eigenvalue weighted by Gasteiger charge is 2.16. The van der Waals surface area contributed by atoms with Gasteiger partial charge in [0.1, 0.15) is 0 Å². The third kappa shape index (κ3) is 3.39. The Morgan fingerprint density at radius 1 is 1.25 bits per heavy atom. The van der Waals surface area contributed by atoms with E-state index in [1.807, 2.05) is 0 Å². The molecule has 1 heterocycles. The third-order valence-corrected chi connectivity index (χ3v) is 2.52. The van der Waals surface area contributed by atoms with Crippen molar-refractivity contribution in [2.24, 2.45) is 5.73 Å². The van der Waals surface area contributed by atoms with E-state index in [1.165, 1.54) is 4.80 Å². The van der Waals surface area contributed by atoms with Crippen LogP contribution in [0.5, 0.6) is 0 Å². The average Bonchev–Trinajstić information content (AvgIpc) is 2.92. The van der Waals surface area contributed by atoms with Gasteiger partial charge in [-0.1, -0.05) is 0 Å². The van der Waals surface area contributed by atoms with Crippen molar-refractivity contribution in [3.05, 3.63) is 36.7 Å². The lowest BCUT2D eigenvalue weighted by molar-refractivity contribution is -0.138. The number of carboxylic acid groups (broad SMARTS) is 1. The summed E-state index contributed by atoms with van der Waals surface area (Å²) in [4.78, 5) is 23.5. The fraction of sp³-hybridized carbons (Fsp3) is 0.167. The van der Waals surface area contributed by atoms with Crippen molar-refractivity contribution < 1.29 is 14.7 Å². The summed E-state index contributed by atoms with van der Waals surface area (Å²) in [5.41, 5.74) is 6.71. The van der Waals surface area contributed by atoms with Crippen LogP contribution in [-0.4, -0.2) is 38.0 Å². The van der Waals surface area contributed by atoms with Crippen LogP contribution >= 0.6 is 0 Å². The highest BCUT2D eigenvalue weighted by Crippen LogP contribution is 2.12. The van der Waals surface area contributed by atoms with E-state index in [9.17, 15) is 9.59 Å². The first-order valence-corrected chi connectivity index (χ1v) is 5.81. The number of nitrogens with zero attached hydrogens (tertiary/aromatic N) is 3. The number of aromatic nitrogens is 3. The van der Waals surface area contributed by atoms with Crippen molar-refractivity contribution in [2.45, 2.75) is 12.5 Å². The Bertz CT molecular complexity index is 594. The van der Waals surface area contributed by atoms with Crippen molar-refractivity contribution in [3.8, 4) is 5.69 Å². The van der Waals surface area contributed by atoms with Gasteiger partial charge in [0.25, 0.3) is 0 Å². The first-order chi connectivity index (χ1) is 9.56. The molecule has 1 unspecified atom stereocenters. The zero-order chi connectivity index (χ0) is 14.5. The fourth-order valence-electron chi connectivity index (χ4n) is 1.54. The standard InChI is InChI=1S/C12H13N5O3/c13-10(7-11(18)19)12(20)16-8-1-3-9(4-2-8)17-14-5-6-15-17/h1-6,10H,7,13H2,(H,16,20)(H,18,19). The van der Waals surface area contributed by atoms with Crippen LogP contribution in [0.25, 0.3) is 5.69 Å². The molecular formula is C12H13N5O3. The van der Waals surface area contributed by atoms with Gasteiger partial charge in [-0.3, -0.25) is 9.59 Å². The van der Waals surface area contributed by atoms with Gasteiger partial charge in [0.15, 0.2) is 0 Å². The van der Waals surface area contributed by atoms with E-state index in [4.69, 9.17) is 10.8 Å². The first kappa shape index (κ1) is 13.7. The first-order valence-electron chi connectivity index (χ1n) is 5.81. The summed E-state index contributed by atoms with van der Waals surface area (Å²) in [6, 6.07) is 5.67. The summed E-state index contributed by atoms with van der Waals surface area (Å²) in [5.74, 6) is -1.66. The van der Waals surface area contributed by atoms with Gasteiger partial charge in [0.2, 0.25) is 5.91 Å². The number of amides is 1. The average molecular weight is 275 g/mol. The topological polar surface area (TPSA) is 123 Å². The number of rotatable bonds is 5. The molecule has 0 aliphatic heterocycles. The summed E-state index contributed by atoms with van der Waals surface area (Å²) in [6.45, 7) is 0. The normalized spacial score (nSPS) is 11.8. The van der Waals surface area contributed by atoms with Crippen LogP contribution in [0, 0.1) is 0 Å². The second-order valence-electron chi connectivity index (χ2n) is 4.06. The molecule has 2 aromatic rings. The van der Waals surface area contributed by atoms with E-state index in [-0.39, 0.29) is 0 Å². The number of aliphatic carboxylic acids is 1. The van der Waals surface area contributed by atoms with Crippen molar-refractivity contribution >= 4 is 17.6 Å². The van der Waals surface area contributed by atoms with Gasteiger partial charge in [-0.15, -0.1) is 0 Å². The van der Waals surface area contributed by atoms with Crippen LogP contribution in [-0.2, 0) is 9.59 Å². The molecule has 0 spiro atoms. The molecule has 0 radical (unpaired) electrons. The molecule has 1 amide bonds. The highest BCUT2D eigenvalue weighted by atomic mass is 16.4. The molecule has 0 aliphatic rings. The van der Waals surface area contributed by atoms with Gasteiger partial charge < -0.3 is 16.2 Å². The quantitative estimate of drug-likeness (QED) is 0.706. The van der Waals surface area contributed by atoms with Crippen molar-refractivity contribution in [1.29, 1.82) is 0 Å². The molecule has 2 rings (SSSR count).